The highest BCUT2D eigenvalue weighted by Crippen LogP contribution is 2.53. The smallest absolute Gasteiger partial charge is 0.374 e. The molecule has 1 fully saturated rings. The Kier molecular flexibility index (Phi) is 17.9. The number of hydrogen-bond acceptors (Lipinski definition) is 12. The minimum atomic E-state index is -1.29. The molecule has 1 aliphatic rings. The van der Waals surface area contributed by atoms with Crippen LogP contribution in [0, 0.1) is 17.3 Å². The molecular weight excluding hydrogens is 959 g/mol. The van der Waals surface area contributed by atoms with Gasteiger partial charge in [-0.15, -0.1) is 0 Å². The van der Waals surface area contributed by atoms with Crippen molar-refractivity contribution < 1.29 is 52.1 Å². The summed E-state index contributed by atoms with van der Waals surface area (Å²) in [5.74, 6) is -5.44. The molecule has 7 rings (SSSR count). The third kappa shape index (κ3) is 13.7. The Hall–Kier alpha value is -7.31. The third-order valence-corrected chi connectivity index (χ3v) is 14.2. The molecule has 4 atom stereocenters. The van der Waals surface area contributed by atoms with E-state index < -0.39 is 75.5 Å². The highest BCUT2D eigenvalue weighted by atomic mass is 16.6. The van der Waals surface area contributed by atoms with Crippen LogP contribution < -0.4 is 0 Å². The van der Waals surface area contributed by atoms with Gasteiger partial charge in [-0.2, -0.15) is 0 Å². The van der Waals surface area contributed by atoms with E-state index in [-0.39, 0.29) is 63.0 Å². The van der Waals surface area contributed by atoms with E-state index in [9.17, 15) is 9.59 Å². The van der Waals surface area contributed by atoms with E-state index in [4.69, 9.17) is 28.1 Å². The van der Waals surface area contributed by atoms with Crippen LogP contribution in [0.5, 0.6) is 0 Å². The van der Waals surface area contributed by atoms with E-state index in [2.05, 4.69) is 0 Å². The molecule has 400 valence electrons. The van der Waals surface area contributed by atoms with Crippen molar-refractivity contribution in [1.82, 2.24) is 4.90 Å². The van der Waals surface area contributed by atoms with Crippen LogP contribution in [0.15, 0.2) is 156 Å². The molecular formula is C64H73NO11. The second-order valence-corrected chi connectivity index (χ2v) is 23.1. The average Bonchev–Trinajstić information content (AvgIpc) is 4.03. The molecule has 76 heavy (non-hydrogen) atoms. The molecule has 0 bridgehead atoms. The van der Waals surface area contributed by atoms with Crippen molar-refractivity contribution in [2.45, 2.75) is 144 Å². The molecule has 0 saturated carbocycles. The summed E-state index contributed by atoms with van der Waals surface area (Å²) in [5, 5.41) is 0. The number of rotatable bonds is 20. The zero-order valence-electron chi connectivity index (χ0n) is 45.6. The van der Waals surface area contributed by atoms with Crippen molar-refractivity contribution in [1.29, 1.82) is 0 Å². The number of benzene rings is 5. The lowest BCUT2D eigenvalue weighted by Crippen LogP contribution is -2.56. The van der Waals surface area contributed by atoms with Gasteiger partial charge in [0.05, 0.1) is 5.92 Å². The van der Waals surface area contributed by atoms with Crippen LogP contribution in [-0.4, -0.2) is 52.4 Å². The summed E-state index contributed by atoms with van der Waals surface area (Å²) in [7, 11) is 0. The molecule has 0 aliphatic carbocycles. The fraction of sp³-hybridized carbons (Fsp3) is 0.391. The van der Waals surface area contributed by atoms with Crippen molar-refractivity contribution >= 4 is 29.8 Å². The van der Waals surface area contributed by atoms with E-state index in [1.54, 1.807) is 4.90 Å². The fourth-order valence-corrected chi connectivity index (χ4v) is 10.4. The second-order valence-electron chi connectivity index (χ2n) is 23.1. The Morgan fingerprint density at radius 3 is 1.18 bits per heavy atom. The van der Waals surface area contributed by atoms with Crippen LogP contribution in [0.2, 0.25) is 0 Å². The molecule has 1 aliphatic heterocycles. The Morgan fingerprint density at radius 1 is 0.447 bits per heavy atom. The summed E-state index contributed by atoms with van der Waals surface area (Å²) in [6.07, 6.45) is 0.556. The molecule has 12 heteroatoms. The maximum atomic E-state index is 15.2. The van der Waals surface area contributed by atoms with Crippen LogP contribution in [-0.2, 0) is 81.9 Å². The second kappa shape index (κ2) is 24.1. The van der Waals surface area contributed by atoms with Crippen LogP contribution >= 0.6 is 0 Å². The van der Waals surface area contributed by atoms with Crippen molar-refractivity contribution in [2.75, 3.05) is 0 Å². The Labute approximate surface area is 448 Å². The summed E-state index contributed by atoms with van der Waals surface area (Å²) in [6.45, 7) is 18.9. The lowest BCUT2D eigenvalue weighted by atomic mass is 9.64. The van der Waals surface area contributed by atoms with Crippen molar-refractivity contribution in [3.8, 4) is 0 Å². The first kappa shape index (κ1) is 56.4. The van der Waals surface area contributed by atoms with E-state index in [1.165, 1.54) is 0 Å². The SMILES string of the molecule is CC(C)(C)c1oc(C(=O)OCc2ccccc2)c(C(C)(C)CCC(C)(C)C2C(C(=O)OCc3ccccc3)C(C(=O)OCc3ccccc3)N(C(C)(C)C)C2C(=O)OCc2ccccc2)c1C(=O)OCc1ccccc1. The molecule has 0 spiro atoms. The normalized spacial score (nSPS) is 17.1. The first-order valence-corrected chi connectivity index (χ1v) is 26.1. The predicted octanol–water partition coefficient (Wildman–Crippen LogP) is 12.7. The molecule has 1 saturated heterocycles. The summed E-state index contributed by atoms with van der Waals surface area (Å²) in [5.41, 5.74) is 0.486. The largest absolute Gasteiger partial charge is 0.461 e. The predicted molar refractivity (Wildman–Crippen MR) is 289 cm³/mol. The van der Waals surface area contributed by atoms with E-state index >= 15 is 14.4 Å². The monoisotopic (exact) mass is 1030 g/mol. The van der Waals surface area contributed by atoms with Gasteiger partial charge in [0, 0.05) is 22.4 Å². The van der Waals surface area contributed by atoms with Gasteiger partial charge in [0.25, 0.3) is 0 Å². The van der Waals surface area contributed by atoms with Gasteiger partial charge in [0.15, 0.2) is 0 Å². The maximum Gasteiger partial charge on any atom is 0.374 e. The summed E-state index contributed by atoms with van der Waals surface area (Å²) in [4.78, 5) is 76.5. The average molecular weight is 1030 g/mol. The standard InChI is InChI=1S/C64H73NO11/c1-61(2,3)55-49(57(67)72-39-44-28-18-12-19-29-44)51(54(76-55)60(70)75-42-47-34-24-15-25-35-47)64(9,10)37-36-63(7,8)50-48(56(66)71-38-43-26-16-11-17-27-43)52(58(68)73-40-45-30-20-13-21-31-45)65(62(4,5)6)53(50)59(69)74-41-46-32-22-14-23-33-46/h11-35,48,50,52-53H,36-42H2,1-10H3. The van der Waals surface area contributed by atoms with Gasteiger partial charge in [-0.05, 0) is 72.3 Å². The number of ether oxygens (including phenoxy) is 5. The zero-order valence-corrected chi connectivity index (χ0v) is 45.6. The lowest BCUT2D eigenvalue weighted by molar-refractivity contribution is -0.164. The summed E-state index contributed by atoms with van der Waals surface area (Å²) < 4.78 is 37.1. The number of carbonyl (C=O) groups is 5. The quantitative estimate of drug-likeness (QED) is 0.0529. The topological polar surface area (TPSA) is 148 Å². The first-order valence-electron chi connectivity index (χ1n) is 26.1. The van der Waals surface area contributed by atoms with Gasteiger partial charge >= 0.3 is 29.8 Å². The fourth-order valence-electron chi connectivity index (χ4n) is 10.4. The number of esters is 5. The molecule has 2 heterocycles. The molecule has 5 aromatic carbocycles. The number of carbonyl (C=O) groups excluding carboxylic acids is 5. The van der Waals surface area contributed by atoms with Crippen LogP contribution in [0.3, 0.4) is 0 Å². The number of nitrogens with zero attached hydrogens (tertiary/aromatic N) is 1. The van der Waals surface area contributed by atoms with Gasteiger partial charge in [-0.1, -0.05) is 200 Å². The van der Waals surface area contributed by atoms with Gasteiger partial charge in [0.1, 0.15) is 56.4 Å². The zero-order chi connectivity index (χ0) is 54.8. The Morgan fingerprint density at radius 2 is 0.803 bits per heavy atom. The van der Waals surface area contributed by atoms with Gasteiger partial charge in [0.2, 0.25) is 5.76 Å². The lowest BCUT2D eigenvalue weighted by Gasteiger charge is -2.42. The Balaban J connectivity index is 1.33. The van der Waals surface area contributed by atoms with Crippen LogP contribution in [0.25, 0.3) is 0 Å². The summed E-state index contributed by atoms with van der Waals surface area (Å²) in [6, 6.07) is 44.0. The summed E-state index contributed by atoms with van der Waals surface area (Å²) >= 11 is 0. The van der Waals surface area contributed by atoms with E-state index in [0.717, 1.165) is 27.8 Å². The molecule has 6 aromatic rings. The molecule has 0 amide bonds. The highest BCUT2D eigenvalue weighted by Gasteiger charge is 2.65. The first-order chi connectivity index (χ1) is 36.1. The van der Waals surface area contributed by atoms with Crippen molar-refractivity contribution in [3.63, 3.8) is 0 Å². The number of likely N-dealkylation sites (tertiary alicyclic amines) is 1. The van der Waals surface area contributed by atoms with Crippen molar-refractivity contribution in [3.05, 3.63) is 202 Å². The van der Waals surface area contributed by atoms with Gasteiger partial charge < -0.3 is 28.1 Å². The molecule has 1 aromatic heterocycles. The molecule has 4 unspecified atom stereocenters. The number of furan rings is 1. The van der Waals surface area contributed by atoms with Gasteiger partial charge in [-0.25, -0.2) is 9.59 Å². The Bertz CT molecular complexity index is 2900. The molecule has 0 radical (unpaired) electrons. The minimum Gasteiger partial charge on any atom is -0.461 e. The van der Waals surface area contributed by atoms with Crippen LogP contribution in [0.1, 0.15) is 142 Å². The van der Waals surface area contributed by atoms with Crippen molar-refractivity contribution in [2.24, 2.45) is 17.3 Å². The third-order valence-electron chi connectivity index (χ3n) is 14.2. The maximum absolute atomic E-state index is 15.2. The highest BCUT2D eigenvalue weighted by molar-refractivity contribution is 5.99. The van der Waals surface area contributed by atoms with E-state index in [0.29, 0.717) is 5.56 Å². The molecule has 0 N–H and O–H groups in total. The minimum absolute atomic E-state index is 0.0282. The molecule has 12 nitrogen and oxygen atoms in total. The van der Waals surface area contributed by atoms with Gasteiger partial charge in [-0.3, -0.25) is 19.3 Å². The van der Waals surface area contributed by atoms with E-state index in [1.807, 2.05) is 221 Å². The van der Waals surface area contributed by atoms with Crippen LogP contribution in [0.4, 0.5) is 0 Å². The number of hydrogen-bond donors (Lipinski definition) is 0.